The van der Waals surface area contributed by atoms with Crippen molar-refractivity contribution in [2.45, 2.75) is 19.5 Å². The van der Waals surface area contributed by atoms with Crippen molar-refractivity contribution in [2.75, 3.05) is 13.7 Å². The van der Waals surface area contributed by atoms with Gasteiger partial charge in [-0.3, -0.25) is 9.88 Å². The molecule has 1 aromatic heterocycles. The molecule has 3 rings (SSSR count). The summed E-state index contributed by atoms with van der Waals surface area (Å²) in [6.07, 6.45) is 2.66. The van der Waals surface area contributed by atoms with Gasteiger partial charge in [0, 0.05) is 25.8 Å². The van der Waals surface area contributed by atoms with Crippen LogP contribution in [0.3, 0.4) is 0 Å². The third kappa shape index (κ3) is 3.11. The van der Waals surface area contributed by atoms with Gasteiger partial charge in [-0.25, -0.2) is 4.79 Å². The molecule has 1 aliphatic rings. The van der Waals surface area contributed by atoms with E-state index in [9.17, 15) is 4.79 Å². The number of esters is 1. The largest absolute Gasteiger partial charge is 0.465 e. The van der Waals surface area contributed by atoms with Gasteiger partial charge in [-0.2, -0.15) is 0 Å². The Balaban J connectivity index is 1.66. The van der Waals surface area contributed by atoms with E-state index in [-0.39, 0.29) is 5.97 Å². The third-order valence-electron chi connectivity index (χ3n) is 3.84. The molecular formula is C17H18N2O2. The van der Waals surface area contributed by atoms with E-state index in [0.717, 1.165) is 31.7 Å². The summed E-state index contributed by atoms with van der Waals surface area (Å²) in [6, 6.07) is 12.2. The Hall–Kier alpha value is -2.20. The summed E-state index contributed by atoms with van der Waals surface area (Å²) >= 11 is 0. The number of carbonyl (C=O) groups is 1. The number of benzene rings is 1. The minimum Gasteiger partial charge on any atom is -0.465 e. The third-order valence-corrected chi connectivity index (χ3v) is 3.84. The van der Waals surface area contributed by atoms with Gasteiger partial charge in [0.2, 0.25) is 0 Å². The van der Waals surface area contributed by atoms with E-state index in [1.807, 2.05) is 6.07 Å². The summed E-state index contributed by atoms with van der Waals surface area (Å²) in [4.78, 5) is 18.1. The van der Waals surface area contributed by atoms with Crippen molar-refractivity contribution in [3.8, 4) is 0 Å². The molecule has 0 unspecified atom stereocenters. The van der Waals surface area contributed by atoms with Gasteiger partial charge in [0.05, 0.1) is 18.4 Å². The van der Waals surface area contributed by atoms with Crippen LogP contribution in [-0.4, -0.2) is 29.5 Å². The highest BCUT2D eigenvalue weighted by atomic mass is 16.5. The summed E-state index contributed by atoms with van der Waals surface area (Å²) in [5.74, 6) is -0.346. The normalized spacial score (nSPS) is 14.5. The first-order valence-corrected chi connectivity index (χ1v) is 7.08. The lowest BCUT2D eigenvalue weighted by molar-refractivity contribution is 0.0600. The van der Waals surface area contributed by atoms with Crippen LogP contribution in [0.4, 0.5) is 0 Å². The van der Waals surface area contributed by atoms with Gasteiger partial charge in [0.15, 0.2) is 0 Å². The maximum Gasteiger partial charge on any atom is 0.339 e. The van der Waals surface area contributed by atoms with Crippen molar-refractivity contribution in [3.63, 3.8) is 0 Å². The predicted octanol–water partition coefficient (Wildman–Crippen LogP) is 2.43. The Morgan fingerprint density at radius 3 is 2.76 bits per heavy atom. The fourth-order valence-corrected chi connectivity index (χ4v) is 2.67. The lowest BCUT2D eigenvalue weighted by Crippen LogP contribution is -2.30. The lowest BCUT2D eigenvalue weighted by Gasteiger charge is -2.28. The number of pyridine rings is 1. The van der Waals surface area contributed by atoms with Crippen molar-refractivity contribution in [3.05, 3.63) is 65.0 Å². The first-order chi connectivity index (χ1) is 10.3. The van der Waals surface area contributed by atoms with E-state index in [4.69, 9.17) is 0 Å². The van der Waals surface area contributed by atoms with Crippen LogP contribution in [0.25, 0.3) is 0 Å². The van der Waals surface area contributed by atoms with Crippen LogP contribution in [0.2, 0.25) is 0 Å². The molecule has 2 heterocycles. The van der Waals surface area contributed by atoms with Gasteiger partial charge in [-0.1, -0.05) is 24.3 Å². The van der Waals surface area contributed by atoms with Crippen LogP contribution < -0.4 is 0 Å². The molecule has 0 saturated carbocycles. The first kappa shape index (κ1) is 13.8. The van der Waals surface area contributed by atoms with Crippen molar-refractivity contribution in [1.29, 1.82) is 0 Å². The number of aromatic nitrogens is 1. The highest BCUT2D eigenvalue weighted by Crippen LogP contribution is 2.19. The number of nitrogens with zero attached hydrogens (tertiary/aromatic N) is 2. The fraction of sp³-hybridized carbons (Fsp3) is 0.294. The summed E-state index contributed by atoms with van der Waals surface area (Å²) < 4.78 is 4.68. The molecule has 0 N–H and O–H groups in total. The van der Waals surface area contributed by atoms with Crippen LogP contribution in [-0.2, 0) is 24.2 Å². The fourth-order valence-electron chi connectivity index (χ4n) is 2.67. The number of ether oxygens (including phenoxy) is 1. The van der Waals surface area contributed by atoms with Gasteiger partial charge in [-0.05, 0) is 29.7 Å². The highest BCUT2D eigenvalue weighted by Gasteiger charge is 2.16. The average Bonchev–Trinajstić information content (AvgIpc) is 2.55. The summed E-state index contributed by atoms with van der Waals surface area (Å²) in [5.41, 5.74) is 4.31. The van der Waals surface area contributed by atoms with Crippen LogP contribution in [0.1, 0.15) is 27.2 Å². The Labute approximate surface area is 124 Å². The van der Waals surface area contributed by atoms with Crippen LogP contribution in [0.5, 0.6) is 0 Å². The molecule has 1 aliphatic heterocycles. The molecule has 0 aliphatic carbocycles. The van der Waals surface area contributed by atoms with Crippen molar-refractivity contribution in [2.24, 2.45) is 0 Å². The molecule has 21 heavy (non-hydrogen) atoms. The minimum absolute atomic E-state index is 0.346. The van der Waals surface area contributed by atoms with Crippen molar-refractivity contribution in [1.82, 2.24) is 9.88 Å². The molecular weight excluding hydrogens is 264 g/mol. The maximum absolute atomic E-state index is 11.4. The molecule has 0 spiro atoms. The number of hydrogen-bond donors (Lipinski definition) is 0. The highest BCUT2D eigenvalue weighted by molar-refractivity contribution is 5.88. The minimum atomic E-state index is -0.346. The van der Waals surface area contributed by atoms with Crippen molar-refractivity contribution >= 4 is 5.97 Å². The van der Waals surface area contributed by atoms with Gasteiger partial charge in [0.1, 0.15) is 0 Å². The van der Waals surface area contributed by atoms with E-state index in [1.54, 1.807) is 12.3 Å². The Morgan fingerprint density at radius 1 is 1.24 bits per heavy atom. The van der Waals surface area contributed by atoms with Crippen LogP contribution in [0, 0.1) is 0 Å². The maximum atomic E-state index is 11.4. The van der Waals surface area contributed by atoms with Gasteiger partial charge in [0.25, 0.3) is 0 Å². The van der Waals surface area contributed by atoms with Crippen LogP contribution >= 0.6 is 0 Å². The second-order valence-corrected chi connectivity index (χ2v) is 5.26. The molecule has 0 radical (unpaired) electrons. The molecule has 1 aromatic carbocycles. The van der Waals surface area contributed by atoms with Crippen molar-refractivity contribution < 1.29 is 9.53 Å². The summed E-state index contributed by atoms with van der Waals surface area (Å²) in [5, 5.41) is 0. The van der Waals surface area contributed by atoms with E-state index < -0.39 is 0 Å². The Bertz CT molecular complexity index is 637. The topological polar surface area (TPSA) is 42.4 Å². The summed E-state index contributed by atoms with van der Waals surface area (Å²) in [7, 11) is 1.38. The molecule has 0 bridgehead atoms. The molecule has 108 valence electrons. The molecule has 0 fully saturated rings. The van der Waals surface area contributed by atoms with E-state index in [1.165, 1.54) is 18.2 Å². The molecule has 0 atom stereocenters. The predicted molar refractivity (Wildman–Crippen MR) is 79.8 cm³/mol. The second kappa shape index (κ2) is 6.06. The number of hydrogen-bond acceptors (Lipinski definition) is 4. The number of methoxy groups -OCH3 is 1. The Morgan fingerprint density at radius 2 is 2.05 bits per heavy atom. The number of fused-ring (bicyclic) bond motifs is 1. The molecule has 4 nitrogen and oxygen atoms in total. The zero-order valence-corrected chi connectivity index (χ0v) is 12.1. The smallest absolute Gasteiger partial charge is 0.339 e. The number of carbonyl (C=O) groups excluding carboxylic acids is 1. The summed E-state index contributed by atoms with van der Waals surface area (Å²) in [6.45, 7) is 2.80. The van der Waals surface area contributed by atoms with Crippen LogP contribution in [0.15, 0.2) is 42.6 Å². The molecule has 0 saturated heterocycles. The average molecular weight is 282 g/mol. The standard InChI is InChI=1S/C17H18N2O2/c1-21-17(20)14-6-7-16(18-10-14)12-19-9-8-13-4-2-3-5-15(13)11-19/h2-7,10H,8-9,11-12H2,1H3. The molecule has 4 heteroatoms. The number of rotatable bonds is 3. The molecule has 0 amide bonds. The lowest BCUT2D eigenvalue weighted by atomic mass is 10.00. The first-order valence-electron chi connectivity index (χ1n) is 7.08. The monoisotopic (exact) mass is 282 g/mol. The second-order valence-electron chi connectivity index (χ2n) is 5.26. The van der Waals surface area contributed by atoms with E-state index >= 15 is 0 Å². The van der Waals surface area contributed by atoms with E-state index in [0.29, 0.717) is 5.56 Å². The van der Waals surface area contributed by atoms with Gasteiger partial charge >= 0.3 is 5.97 Å². The quantitative estimate of drug-likeness (QED) is 0.811. The SMILES string of the molecule is COC(=O)c1ccc(CN2CCc3ccccc3C2)nc1. The van der Waals surface area contributed by atoms with E-state index in [2.05, 4.69) is 38.9 Å². The Kier molecular flexibility index (Phi) is 3.97. The zero-order chi connectivity index (χ0) is 14.7. The van der Waals surface area contributed by atoms with Gasteiger partial charge < -0.3 is 4.74 Å². The zero-order valence-electron chi connectivity index (χ0n) is 12.1. The van der Waals surface area contributed by atoms with Gasteiger partial charge in [-0.15, -0.1) is 0 Å². The molecule has 2 aromatic rings.